The number of aromatic nitrogens is 1. The molecule has 0 aliphatic carbocycles. The lowest BCUT2D eigenvalue weighted by Crippen LogP contribution is -2.33. The van der Waals surface area contributed by atoms with E-state index in [9.17, 15) is 9.59 Å². The molecule has 0 unspecified atom stereocenters. The fraction of sp³-hybridized carbons (Fsp3) is 0.304. The lowest BCUT2D eigenvalue weighted by molar-refractivity contribution is -0.134. The summed E-state index contributed by atoms with van der Waals surface area (Å²) in [5.74, 6) is -0.0728. The lowest BCUT2D eigenvalue weighted by Gasteiger charge is -2.23. The third-order valence-electron chi connectivity index (χ3n) is 4.48. The molecule has 0 bridgehead atoms. The lowest BCUT2D eigenvalue weighted by atomic mass is 10.0. The smallest absolute Gasteiger partial charge is 0.328 e. The molecule has 3 rings (SSSR count). The summed E-state index contributed by atoms with van der Waals surface area (Å²) >= 11 is 0. The Bertz CT molecular complexity index is 995. The van der Waals surface area contributed by atoms with Crippen LogP contribution in [0.3, 0.4) is 0 Å². The fourth-order valence-corrected chi connectivity index (χ4v) is 2.90. The Labute approximate surface area is 191 Å². The van der Waals surface area contributed by atoms with Gasteiger partial charge in [0.05, 0.1) is 25.3 Å². The van der Waals surface area contributed by atoms with Gasteiger partial charge in [-0.15, -0.1) is 0 Å². The predicted molar refractivity (Wildman–Crippen MR) is 118 cm³/mol. The third kappa shape index (κ3) is 8.88. The molecule has 0 saturated carbocycles. The molecule has 2 heterocycles. The molecule has 0 radical (unpaired) electrons. The number of nitrogens with one attached hydrogen (secondary N) is 1. The summed E-state index contributed by atoms with van der Waals surface area (Å²) in [6, 6.07) is 10.7. The van der Waals surface area contributed by atoms with Gasteiger partial charge >= 0.3 is 11.9 Å². The van der Waals surface area contributed by atoms with E-state index in [0.717, 1.165) is 19.5 Å². The third-order valence-corrected chi connectivity index (χ3v) is 4.48. The molecule has 10 nitrogen and oxygen atoms in total. The topological polar surface area (TPSA) is 151 Å². The molecule has 1 saturated heterocycles. The number of carboxylic acid groups (broad SMARTS) is 2. The number of ether oxygens (including phenoxy) is 3. The van der Waals surface area contributed by atoms with Crippen LogP contribution in [0.2, 0.25) is 0 Å². The van der Waals surface area contributed by atoms with E-state index in [2.05, 4.69) is 16.4 Å². The maximum absolute atomic E-state index is 9.55. The van der Waals surface area contributed by atoms with E-state index in [4.69, 9.17) is 29.7 Å². The Morgan fingerprint density at radius 2 is 1.97 bits per heavy atom. The summed E-state index contributed by atoms with van der Waals surface area (Å²) in [5.41, 5.74) is 0.506. The van der Waals surface area contributed by atoms with Crippen LogP contribution in [-0.2, 0) is 9.59 Å². The Hall–Kier alpha value is -4.10. The Morgan fingerprint density at radius 1 is 1.21 bits per heavy atom. The fourth-order valence-electron chi connectivity index (χ4n) is 2.90. The number of piperidine rings is 1. The van der Waals surface area contributed by atoms with Gasteiger partial charge in [0.25, 0.3) is 5.88 Å². The van der Waals surface area contributed by atoms with Gasteiger partial charge in [-0.3, -0.25) is 0 Å². The molecule has 174 valence electrons. The Kier molecular flexibility index (Phi) is 10.2. The summed E-state index contributed by atoms with van der Waals surface area (Å²) < 4.78 is 17.1. The average molecular weight is 455 g/mol. The summed E-state index contributed by atoms with van der Waals surface area (Å²) in [7, 11) is 1.54. The molecule has 0 spiro atoms. The molecule has 1 atom stereocenters. The molecule has 10 heteroatoms. The second kappa shape index (κ2) is 13.3. The van der Waals surface area contributed by atoms with E-state index < -0.39 is 11.9 Å². The van der Waals surface area contributed by atoms with Gasteiger partial charge in [-0.25, -0.2) is 14.6 Å². The van der Waals surface area contributed by atoms with Crippen molar-refractivity contribution in [2.75, 3.05) is 26.8 Å². The highest BCUT2D eigenvalue weighted by Gasteiger charge is 2.16. The zero-order chi connectivity index (χ0) is 24.1. The van der Waals surface area contributed by atoms with E-state index in [1.165, 1.54) is 13.5 Å². The summed E-state index contributed by atoms with van der Waals surface area (Å²) in [5, 5.41) is 28.0. The first-order valence-corrected chi connectivity index (χ1v) is 10.1. The van der Waals surface area contributed by atoms with Crippen LogP contribution in [0.5, 0.6) is 23.1 Å². The van der Waals surface area contributed by atoms with E-state index in [0.29, 0.717) is 53.4 Å². The summed E-state index contributed by atoms with van der Waals surface area (Å²) in [4.78, 5) is 23.4. The number of nitriles is 1. The zero-order valence-electron chi connectivity index (χ0n) is 18.1. The van der Waals surface area contributed by atoms with Gasteiger partial charge < -0.3 is 29.7 Å². The summed E-state index contributed by atoms with van der Waals surface area (Å²) in [6.07, 6.45) is 5.10. The normalized spacial score (nSPS) is 15.0. The van der Waals surface area contributed by atoms with Crippen LogP contribution in [0.25, 0.3) is 0 Å². The van der Waals surface area contributed by atoms with Crippen molar-refractivity contribution in [3.63, 3.8) is 0 Å². The molecule has 1 fully saturated rings. The maximum atomic E-state index is 9.55. The molecule has 3 N–H and O–H groups in total. The standard InChI is InChI=1S/C19H21N3O3.C4H4O4/c1-23-18-10-14(11-20)6-7-16(18)25-19-17(5-3-9-22-19)24-13-15-4-2-8-21-12-15;5-3(6)1-2-4(7)8/h3,5-7,9-10,15,21H,2,4,8,12-13H2,1H3;1-2H,(H,5,6)(H,7,8)/b;2-1+/t15-;/m0./s1. The van der Waals surface area contributed by atoms with Crippen LogP contribution in [0.1, 0.15) is 18.4 Å². The van der Waals surface area contributed by atoms with Gasteiger partial charge in [0.15, 0.2) is 17.2 Å². The minimum absolute atomic E-state index is 0.384. The van der Waals surface area contributed by atoms with Crippen molar-refractivity contribution in [2.24, 2.45) is 5.92 Å². The minimum atomic E-state index is -1.26. The van der Waals surface area contributed by atoms with Crippen LogP contribution >= 0.6 is 0 Å². The van der Waals surface area contributed by atoms with Crippen molar-refractivity contribution in [1.29, 1.82) is 5.26 Å². The zero-order valence-corrected chi connectivity index (χ0v) is 18.1. The highest BCUT2D eigenvalue weighted by Crippen LogP contribution is 2.35. The molecule has 33 heavy (non-hydrogen) atoms. The number of methoxy groups -OCH3 is 1. The number of carboxylic acids is 2. The van der Waals surface area contributed by atoms with Gasteiger partial charge in [0, 0.05) is 36.9 Å². The monoisotopic (exact) mass is 455 g/mol. The molecular formula is C23H25N3O7. The molecule has 1 aromatic carbocycles. The molecule has 1 aliphatic heterocycles. The van der Waals surface area contributed by atoms with Crippen LogP contribution in [0, 0.1) is 17.2 Å². The van der Waals surface area contributed by atoms with Crippen LogP contribution in [0.15, 0.2) is 48.7 Å². The number of benzene rings is 1. The first-order chi connectivity index (χ1) is 15.9. The SMILES string of the molecule is COc1cc(C#N)ccc1Oc1ncccc1OC[C@H]1CCCNC1.O=C(O)/C=C/C(=O)O. The minimum Gasteiger partial charge on any atom is -0.493 e. The number of pyridine rings is 1. The van der Waals surface area contributed by atoms with E-state index >= 15 is 0 Å². The average Bonchev–Trinajstić information content (AvgIpc) is 2.83. The number of hydrogen-bond donors (Lipinski definition) is 3. The van der Waals surface area contributed by atoms with Crippen molar-refractivity contribution in [3.05, 3.63) is 54.2 Å². The van der Waals surface area contributed by atoms with Crippen molar-refractivity contribution in [3.8, 4) is 29.2 Å². The van der Waals surface area contributed by atoms with Crippen molar-refractivity contribution >= 4 is 11.9 Å². The van der Waals surface area contributed by atoms with Crippen LogP contribution in [-0.4, -0.2) is 53.9 Å². The first-order valence-electron chi connectivity index (χ1n) is 10.1. The number of nitrogens with zero attached hydrogens (tertiary/aromatic N) is 2. The second-order valence-corrected chi connectivity index (χ2v) is 6.92. The van der Waals surface area contributed by atoms with Gasteiger partial charge in [-0.2, -0.15) is 5.26 Å². The second-order valence-electron chi connectivity index (χ2n) is 6.92. The van der Waals surface area contributed by atoms with Crippen molar-refractivity contribution < 1.29 is 34.0 Å². The Morgan fingerprint density at radius 3 is 2.58 bits per heavy atom. The van der Waals surface area contributed by atoms with Gasteiger partial charge in [0.2, 0.25) is 0 Å². The number of aliphatic carboxylic acids is 2. The molecule has 2 aromatic rings. The highest BCUT2D eigenvalue weighted by molar-refractivity contribution is 5.89. The van der Waals surface area contributed by atoms with E-state index in [-0.39, 0.29) is 0 Å². The molecule has 1 aliphatic rings. The van der Waals surface area contributed by atoms with Crippen molar-refractivity contribution in [1.82, 2.24) is 10.3 Å². The van der Waals surface area contributed by atoms with Gasteiger partial charge in [-0.05, 0) is 43.7 Å². The molecule has 1 aromatic heterocycles. The molecule has 0 amide bonds. The predicted octanol–water partition coefficient (Wildman–Crippen LogP) is 2.84. The van der Waals surface area contributed by atoms with Crippen LogP contribution in [0.4, 0.5) is 0 Å². The Balaban J connectivity index is 0.000000414. The molecular weight excluding hydrogens is 430 g/mol. The first kappa shape index (κ1) is 25.2. The van der Waals surface area contributed by atoms with E-state index in [1.54, 1.807) is 24.4 Å². The van der Waals surface area contributed by atoms with Crippen LogP contribution < -0.4 is 19.5 Å². The summed E-state index contributed by atoms with van der Waals surface area (Å²) in [6.45, 7) is 2.68. The highest BCUT2D eigenvalue weighted by atomic mass is 16.5. The number of carbonyl (C=O) groups is 2. The van der Waals surface area contributed by atoms with Gasteiger partial charge in [0.1, 0.15) is 0 Å². The van der Waals surface area contributed by atoms with E-state index in [1.807, 2.05) is 12.1 Å². The largest absolute Gasteiger partial charge is 0.493 e. The van der Waals surface area contributed by atoms with Gasteiger partial charge in [-0.1, -0.05) is 0 Å². The quantitative estimate of drug-likeness (QED) is 0.507. The number of rotatable bonds is 8. The maximum Gasteiger partial charge on any atom is 0.328 e. The van der Waals surface area contributed by atoms with Crippen molar-refractivity contribution in [2.45, 2.75) is 12.8 Å². The number of hydrogen-bond acceptors (Lipinski definition) is 8.